The van der Waals surface area contributed by atoms with Gasteiger partial charge in [0.15, 0.2) is 0 Å². The Balaban J connectivity index is 1.56. The minimum atomic E-state index is -0.167. The third-order valence-electron chi connectivity index (χ3n) is 4.02. The van der Waals surface area contributed by atoms with Crippen LogP contribution in [0.15, 0.2) is 54.6 Å². The van der Waals surface area contributed by atoms with Gasteiger partial charge in [-0.05, 0) is 30.7 Å². The van der Waals surface area contributed by atoms with Gasteiger partial charge in [0, 0.05) is 29.8 Å². The number of carbonyl (C=O) groups is 1. The minimum absolute atomic E-state index is 0.167. The highest BCUT2D eigenvalue weighted by Crippen LogP contribution is 2.21. The van der Waals surface area contributed by atoms with Crippen LogP contribution in [0.3, 0.4) is 0 Å². The van der Waals surface area contributed by atoms with Crippen molar-refractivity contribution in [3.05, 3.63) is 86.9 Å². The van der Waals surface area contributed by atoms with E-state index >= 15 is 0 Å². The second-order valence-corrected chi connectivity index (χ2v) is 7.15. The number of hydrogen-bond acceptors (Lipinski definition) is 4. The number of benzene rings is 2. The molecule has 0 unspecified atom stereocenters. The van der Waals surface area contributed by atoms with Gasteiger partial charge in [-0.1, -0.05) is 36.4 Å². The van der Waals surface area contributed by atoms with Crippen LogP contribution in [-0.4, -0.2) is 17.4 Å². The van der Waals surface area contributed by atoms with E-state index in [0.29, 0.717) is 24.1 Å². The molecule has 0 spiro atoms. The lowest BCUT2D eigenvalue weighted by atomic mass is 10.1. The molecule has 1 aromatic heterocycles. The average molecular weight is 361 g/mol. The van der Waals surface area contributed by atoms with E-state index in [1.807, 2.05) is 31.2 Å². The van der Waals surface area contributed by atoms with Crippen molar-refractivity contribution >= 4 is 17.2 Å². The topological polar surface area (TPSA) is 65.8 Å². The molecule has 3 aromatic rings. The Morgan fingerprint density at radius 2 is 2.00 bits per heavy atom. The third kappa shape index (κ3) is 4.56. The molecule has 5 heteroatoms. The van der Waals surface area contributed by atoms with E-state index in [0.717, 1.165) is 17.1 Å². The fourth-order valence-corrected chi connectivity index (χ4v) is 3.76. The number of nitriles is 1. The van der Waals surface area contributed by atoms with Gasteiger partial charge in [0.05, 0.1) is 22.3 Å². The first kappa shape index (κ1) is 17.8. The summed E-state index contributed by atoms with van der Waals surface area (Å²) < 4.78 is 0. The summed E-state index contributed by atoms with van der Waals surface area (Å²) in [5.41, 5.74) is 3.32. The lowest BCUT2D eigenvalue weighted by Gasteiger charge is -2.04. The van der Waals surface area contributed by atoms with Crippen LogP contribution in [0.25, 0.3) is 0 Å². The molecule has 0 bridgehead atoms. The molecule has 1 heterocycles. The Hall–Kier alpha value is -2.97. The number of nitrogens with zero attached hydrogens (tertiary/aromatic N) is 2. The molecule has 26 heavy (non-hydrogen) atoms. The first-order valence-electron chi connectivity index (χ1n) is 8.43. The van der Waals surface area contributed by atoms with E-state index in [1.54, 1.807) is 35.6 Å². The van der Waals surface area contributed by atoms with Crippen LogP contribution >= 0.6 is 11.3 Å². The zero-order chi connectivity index (χ0) is 18.4. The Labute approximate surface area is 157 Å². The molecule has 0 saturated heterocycles. The molecule has 2 aromatic carbocycles. The Bertz CT molecular complexity index is 941. The molecule has 0 radical (unpaired) electrons. The van der Waals surface area contributed by atoms with Crippen molar-refractivity contribution < 1.29 is 4.79 Å². The first-order chi connectivity index (χ1) is 12.7. The predicted octanol–water partition coefficient (Wildman–Crippen LogP) is 3.89. The molecule has 0 aliphatic heterocycles. The number of carbonyl (C=O) groups excluding carboxylic acids is 1. The zero-order valence-corrected chi connectivity index (χ0v) is 15.3. The van der Waals surface area contributed by atoms with Crippen molar-refractivity contribution in [3.8, 4) is 6.07 Å². The van der Waals surface area contributed by atoms with Crippen LogP contribution in [0.4, 0.5) is 0 Å². The van der Waals surface area contributed by atoms with Crippen LogP contribution in [0.5, 0.6) is 0 Å². The van der Waals surface area contributed by atoms with Crippen LogP contribution in [0, 0.1) is 18.3 Å². The largest absolute Gasteiger partial charge is 0.352 e. The second kappa shape index (κ2) is 8.41. The molecular weight excluding hydrogens is 342 g/mol. The maximum Gasteiger partial charge on any atom is 0.251 e. The number of rotatable bonds is 6. The summed E-state index contributed by atoms with van der Waals surface area (Å²) >= 11 is 1.70. The van der Waals surface area contributed by atoms with E-state index in [9.17, 15) is 4.79 Å². The van der Waals surface area contributed by atoms with Gasteiger partial charge >= 0.3 is 0 Å². The third-order valence-corrected chi connectivity index (χ3v) is 5.24. The molecule has 0 fully saturated rings. The molecule has 1 amide bonds. The Morgan fingerprint density at radius 1 is 1.19 bits per heavy atom. The number of thiazole rings is 1. The van der Waals surface area contributed by atoms with Crippen molar-refractivity contribution in [2.24, 2.45) is 0 Å². The van der Waals surface area contributed by atoms with Crippen LogP contribution < -0.4 is 5.32 Å². The molecule has 130 valence electrons. The van der Waals surface area contributed by atoms with Gasteiger partial charge in [-0.15, -0.1) is 11.3 Å². The van der Waals surface area contributed by atoms with E-state index in [-0.39, 0.29) is 5.91 Å². The van der Waals surface area contributed by atoms with Crippen molar-refractivity contribution in [1.82, 2.24) is 10.3 Å². The summed E-state index contributed by atoms with van der Waals surface area (Å²) in [6.45, 7) is 2.55. The quantitative estimate of drug-likeness (QED) is 0.724. The van der Waals surface area contributed by atoms with Gasteiger partial charge in [0.25, 0.3) is 5.91 Å². The van der Waals surface area contributed by atoms with E-state index in [2.05, 4.69) is 22.4 Å². The molecule has 1 N–H and O–H groups in total. The van der Waals surface area contributed by atoms with Gasteiger partial charge < -0.3 is 5.32 Å². The SMILES string of the molecule is Cc1nc(CCNC(=O)c2cccc(C#N)c2)sc1Cc1ccccc1. The second-order valence-electron chi connectivity index (χ2n) is 5.98. The number of nitrogens with one attached hydrogen (secondary N) is 1. The monoisotopic (exact) mass is 361 g/mol. The van der Waals surface area contributed by atoms with Gasteiger partial charge in [-0.3, -0.25) is 4.79 Å². The van der Waals surface area contributed by atoms with Crippen molar-refractivity contribution in [2.45, 2.75) is 19.8 Å². The highest BCUT2D eigenvalue weighted by atomic mass is 32.1. The van der Waals surface area contributed by atoms with Crippen molar-refractivity contribution in [3.63, 3.8) is 0 Å². The highest BCUT2D eigenvalue weighted by molar-refractivity contribution is 7.11. The molecular formula is C21H19N3OS. The van der Waals surface area contributed by atoms with Gasteiger partial charge in [0.1, 0.15) is 0 Å². The number of aromatic nitrogens is 1. The van der Waals surface area contributed by atoms with Gasteiger partial charge in [-0.2, -0.15) is 5.26 Å². The van der Waals surface area contributed by atoms with Crippen molar-refractivity contribution in [1.29, 1.82) is 5.26 Å². The molecule has 4 nitrogen and oxygen atoms in total. The van der Waals surface area contributed by atoms with Crippen molar-refractivity contribution in [2.75, 3.05) is 6.54 Å². The highest BCUT2D eigenvalue weighted by Gasteiger charge is 2.10. The van der Waals surface area contributed by atoms with Crippen LogP contribution in [-0.2, 0) is 12.8 Å². The van der Waals surface area contributed by atoms with Gasteiger partial charge in [-0.25, -0.2) is 4.98 Å². The fourth-order valence-electron chi connectivity index (χ4n) is 2.66. The zero-order valence-electron chi connectivity index (χ0n) is 14.5. The van der Waals surface area contributed by atoms with Gasteiger partial charge in [0.2, 0.25) is 0 Å². The first-order valence-corrected chi connectivity index (χ1v) is 9.25. The normalized spacial score (nSPS) is 10.3. The number of amides is 1. The smallest absolute Gasteiger partial charge is 0.251 e. The maximum atomic E-state index is 12.2. The summed E-state index contributed by atoms with van der Waals surface area (Å²) in [5.74, 6) is -0.167. The number of aryl methyl sites for hydroxylation is 1. The molecule has 0 aliphatic carbocycles. The molecule has 0 aliphatic rings. The van der Waals surface area contributed by atoms with E-state index < -0.39 is 0 Å². The fraction of sp³-hybridized carbons (Fsp3) is 0.190. The lowest BCUT2D eigenvalue weighted by molar-refractivity contribution is 0.0954. The summed E-state index contributed by atoms with van der Waals surface area (Å²) in [6.07, 6.45) is 1.58. The Kier molecular flexibility index (Phi) is 5.77. The minimum Gasteiger partial charge on any atom is -0.352 e. The summed E-state index contributed by atoms with van der Waals surface area (Å²) in [5, 5.41) is 12.8. The van der Waals surface area contributed by atoms with E-state index in [4.69, 9.17) is 5.26 Å². The van der Waals surface area contributed by atoms with Crippen LogP contribution in [0.1, 0.15) is 37.1 Å². The molecule has 3 rings (SSSR count). The standard InChI is InChI=1S/C21H19N3OS/c1-15-19(13-16-6-3-2-4-7-16)26-20(24-15)10-11-23-21(25)18-9-5-8-17(12-18)14-22/h2-9,12H,10-11,13H2,1H3,(H,23,25). The van der Waals surface area contributed by atoms with Crippen LogP contribution in [0.2, 0.25) is 0 Å². The molecule has 0 saturated carbocycles. The predicted molar refractivity (Wildman–Crippen MR) is 103 cm³/mol. The maximum absolute atomic E-state index is 12.2. The summed E-state index contributed by atoms with van der Waals surface area (Å²) in [7, 11) is 0. The summed E-state index contributed by atoms with van der Waals surface area (Å²) in [4.78, 5) is 18.1. The number of hydrogen-bond donors (Lipinski definition) is 1. The Morgan fingerprint density at radius 3 is 2.77 bits per heavy atom. The summed E-state index contributed by atoms with van der Waals surface area (Å²) in [6, 6.07) is 19.1. The lowest BCUT2D eigenvalue weighted by Crippen LogP contribution is -2.25. The molecule has 0 atom stereocenters. The average Bonchev–Trinajstić information content (AvgIpc) is 3.01. The van der Waals surface area contributed by atoms with E-state index in [1.165, 1.54) is 10.4 Å².